The highest BCUT2D eigenvalue weighted by Crippen LogP contribution is 2.39. The standard InChI is InChI=1S/C21H22O/c22-20-13-7-8-15-21(20,17-19-11-5-2-6-12-19)16-14-18-9-3-1-4-10-18/h1-6,9-12,20,22H,7-8,13,15,17H2/t20-,21-/m0/s1. The van der Waals surface area contributed by atoms with Crippen LogP contribution in [0.5, 0.6) is 0 Å². The maximum atomic E-state index is 10.7. The fourth-order valence-corrected chi connectivity index (χ4v) is 3.30. The third-order valence-corrected chi connectivity index (χ3v) is 4.58. The summed E-state index contributed by atoms with van der Waals surface area (Å²) in [5.74, 6) is 6.75. The third-order valence-electron chi connectivity index (χ3n) is 4.58. The quantitative estimate of drug-likeness (QED) is 0.822. The van der Waals surface area contributed by atoms with Crippen molar-refractivity contribution in [1.82, 2.24) is 0 Å². The van der Waals surface area contributed by atoms with Crippen LogP contribution in [0, 0.1) is 17.3 Å². The first-order valence-electron chi connectivity index (χ1n) is 8.09. The van der Waals surface area contributed by atoms with Gasteiger partial charge in [0, 0.05) is 5.56 Å². The van der Waals surface area contributed by atoms with E-state index in [0.29, 0.717) is 0 Å². The normalized spacial score (nSPS) is 24.3. The van der Waals surface area contributed by atoms with Gasteiger partial charge in [0.05, 0.1) is 11.5 Å². The molecule has 22 heavy (non-hydrogen) atoms. The van der Waals surface area contributed by atoms with Crippen molar-refractivity contribution in [3.63, 3.8) is 0 Å². The molecule has 1 heteroatoms. The molecule has 2 aromatic carbocycles. The summed E-state index contributed by atoms with van der Waals surface area (Å²) in [5, 5.41) is 10.7. The molecule has 0 bridgehead atoms. The first kappa shape index (κ1) is 14.9. The zero-order chi connectivity index (χ0) is 15.3. The second-order valence-electron chi connectivity index (χ2n) is 6.20. The molecule has 1 fully saturated rings. The molecule has 0 aromatic heterocycles. The van der Waals surface area contributed by atoms with Crippen LogP contribution in [0.1, 0.15) is 36.8 Å². The molecule has 0 spiro atoms. The molecule has 0 heterocycles. The van der Waals surface area contributed by atoms with Gasteiger partial charge in [-0.2, -0.15) is 0 Å². The summed E-state index contributed by atoms with van der Waals surface area (Å²) in [4.78, 5) is 0. The lowest BCUT2D eigenvalue weighted by Gasteiger charge is -2.37. The van der Waals surface area contributed by atoms with E-state index in [1.807, 2.05) is 36.4 Å². The Bertz CT molecular complexity index is 651. The average molecular weight is 290 g/mol. The van der Waals surface area contributed by atoms with Crippen LogP contribution in [0.25, 0.3) is 0 Å². The van der Waals surface area contributed by atoms with Crippen LogP contribution in [-0.4, -0.2) is 11.2 Å². The van der Waals surface area contributed by atoms with E-state index >= 15 is 0 Å². The molecular weight excluding hydrogens is 268 g/mol. The summed E-state index contributed by atoms with van der Waals surface area (Å²) in [6.07, 6.45) is 4.57. The van der Waals surface area contributed by atoms with Gasteiger partial charge >= 0.3 is 0 Å². The molecule has 0 saturated heterocycles. The van der Waals surface area contributed by atoms with E-state index in [-0.39, 0.29) is 11.5 Å². The van der Waals surface area contributed by atoms with Crippen LogP contribution < -0.4 is 0 Å². The molecule has 2 atom stereocenters. The molecular formula is C21H22O. The first-order valence-corrected chi connectivity index (χ1v) is 8.09. The summed E-state index contributed by atoms with van der Waals surface area (Å²) >= 11 is 0. The van der Waals surface area contributed by atoms with Crippen LogP contribution in [0.2, 0.25) is 0 Å². The Morgan fingerprint density at radius 3 is 2.32 bits per heavy atom. The van der Waals surface area contributed by atoms with Crippen molar-refractivity contribution in [2.24, 2.45) is 5.41 Å². The van der Waals surface area contributed by atoms with Crippen LogP contribution in [0.4, 0.5) is 0 Å². The van der Waals surface area contributed by atoms with Crippen molar-refractivity contribution >= 4 is 0 Å². The van der Waals surface area contributed by atoms with Crippen molar-refractivity contribution in [3.05, 3.63) is 71.8 Å². The van der Waals surface area contributed by atoms with Gasteiger partial charge in [0.2, 0.25) is 0 Å². The van der Waals surface area contributed by atoms with Gasteiger partial charge in [0.1, 0.15) is 0 Å². The van der Waals surface area contributed by atoms with Gasteiger partial charge in [0.15, 0.2) is 0 Å². The highest BCUT2D eigenvalue weighted by Gasteiger charge is 2.38. The zero-order valence-electron chi connectivity index (χ0n) is 12.8. The zero-order valence-corrected chi connectivity index (χ0v) is 12.8. The minimum Gasteiger partial charge on any atom is -0.392 e. The second kappa shape index (κ2) is 6.81. The smallest absolute Gasteiger partial charge is 0.0709 e. The van der Waals surface area contributed by atoms with E-state index in [1.165, 1.54) is 5.56 Å². The molecule has 1 aliphatic carbocycles. The molecule has 0 radical (unpaired) electrons. The number of aliphatic hydroxyl groups excluding tert-OH is 1. The summed E-state index contributed by atoms with van der Waals surface area (Å²) in [5.41, 5.74) is 1.97. The number of benzene rings is 2. The minimum absolute atomic E-state index is 0.310. The van der Waals surface area contributed by atoms with Gasteiger partial charge in [-0.15, -0.1) is 0 Å². The van der Waals surface area contributed by atoms with E-state index in [2.05, 4.69) is 36.1 Å². The van der Waals surface area contributed by atoms with E-state index in [4.69, 9.17) is 0 Å². The Labute approximate surface area is 133 Å². The predicted octanol–water partition coefficient (Wildman–Crippen LogP) is 4.20. The predicted molar refractivity (Wildman–Crippen MR) is 90.4 cm³/mol. The number of aliphatic hydroxyl groups is 1. The number of rotatable bonds is 2. The van der Waals surface area contributed by atoms with Gasteiger partial charge in [-0.3, -0.25) is 0 Å². The first-order chi connectivity index (χ1) is 10.8. The van der Waals surface area contributed by atoms with Crippen molar-refractivity contribution in [3.8, 4) is 11.8 Å². The third kappa shape index (κ3) is 3.40. The maximum Gasteiger partial charge on any atom is 0.0709 e. The SMILES string of the molecule is O[C@H]1CCCC[C@]1(C#Cc1ccccc1)Cc1ccccc1. The lowest BCUT2D eigenvalue weighted by Crippen LogP contribution is -2.39. The van der Waals surface area contributed by atoms with Crippen molar-refractivity contribution in [2.75, 3.05) is 0 Å². The van der Waals surface area contributed by atoms with E-state index in [0.717, 1.165) is 37.7 Å². The highest BCUT2D eigenvalue weighted by molar-refractivity contribution is 5.37. The van der Waals surface area contributed by atoms with Gasteiger partial charge in [-0.25, -0.2) is 0 Å². The van der Waals surface area contributed by atoms with Crippen molar-refractivity contribution in [1.29, 1.82) is 0 Å². The summed E-state index contributed by atoms with van der Waals surface area (Å²) in [6, 6.07) is 20.5. The monoisotopic (exact) mass is 290 g/mol. The molecule has 1 saturated carbocycles. The topological polar surface area (TPSA) is 20.2 Å². The van der Waals surface area contributed by atoms with Gasteiger partial charge in [-0.05, 0) is 37.0 Å². The Morgan fingerprint density at radius 2 is 1.64 bits per heavy atom. The van der Waals surface area contributed by atoms with Crippen LogP contribution in [0.15, 0.2) is 60.7 Å². The molecule has 3 rings (SSSR count). The molecule has 0 aliphatic heterocycles. The van der Waals surface area contributed by atoms with Gasteiger partial charge < -0.3 is 5.11 Å². The fraction of sp³-hybridized carbons (Fsp3) is 0.333. The Morgan fingerprint density at radius 1 is 0.955 bits per heavy atom. The Kier molecular flexibility index (Phi) is 4.61. The lowest BCUT2D eigenvalue weighted by molar-refractivity contribution is 0.0274. The Hall–Kier alpha value is -2.04. The van der Waals surface area contributed by atoms with Gasteiger partial charge in [-0.1, -0.05) is 73.2 Å². The summed E-state index contributed by atoms with van der Waals surface area (Å²) in [7, 11) is 0. The van der Waals surface area contributed by atoms with E-state index < -0.39 is 0 Å². The van der Waals surface area contributed by atoms with Crippen LogP contribution in [-0.2, 0) is 6.42 Å². The molecule has 112 valence electrons. The molecule has 1 aliphatic rings. The van der Waals surface area contributed by atoms with Crippen molar-refractivity contribution < 1.29 is 5.11 Å². The molecule has 0 amide bonds. The highest BCUT2D eigenvalue weighted by atomic mass is 16.3. The molecule has 1 N–H and O–H groups in total. The van der Waals surface area contributed by atoms with Crippen LogP contribution in [0.3, 0.4) is 0 Å². The minimum atomic E-state index is -0.335. The van der Waals surface area contributed by atoms with Gasteiger partial charge in [0.25, 0.3) is 0 Å². The number of hydrogen-bond acceptors (Lipinski definition) is 1. The molecule has 2 aromatic rings. The Balaban J connectivity index is 1.91. The van der Waals surface area contributed by atoms with E-state index in [1.54, 1.807) is 0 Å². The summed E-state index contributed by atoms with van der Waals surface area (Å²) in [6.45, 7) is 0. The second-order valence-corrected chi connectivity index (χ2v) is 6.20. The number of hydrogen-bond donors (Lipinski definition) is 1. The maximum absolute atomic E-state index is 10.7. The molecule has 0 unspecified atom stereocenters. The average Bonchev–Trinajstić information content (AvgIpc) is 2.57. The lowest BCUT2D eigenvalue weighted by atomic mass is 9.68. The molecule has 1 nitrogen and oxygen atoms in total. The fourth-order valence-electron chi connectivity index (χ4n) is 3.30. The van der Waals surface area contributed by atoms with Crippen molar-refractivity contribution in [2.45, 2.75) is 38.2 Å². The largest absolute Gasteiger partial charge is 0.392 e. The summed E-state index contributed by atoms with van der Waals surface area (Å²) < 4.78 is 0. The van der Waals surface area contributed by atoms with Crippen LogP contribution >= 0.6 is 0 Å². The van der Waals surface area contributed by atoms with E-state index in [9.17, 15) is 5.11 Å².